The van der Waals surface area contributed by atoms with Crippen LogP contribution in [0.3, 0.4) is 0 Å². The van der Waals surface area contributed by atoms with Crippen LogP contribution in [0.1, 0.15) is 86.4 Å². The molecule has 4 nitrogen and oxygen atoms in total. The van der Waals surface area contributed by atoms with Gasteiger partial charge in [-0.2, -0.15) is 0 Å². The van der Waals surface area contributed by atoms with E-state index in [1.807, 2.05) is 18.2 Å². The van der Waals surface area contributed by atoms with Crippen molar-refractivity contribution >= 4 is 11.9 Å². The lowest BCUT2D eigenvalue weighted by Gasteiger charge is -2.27. The first-order valence-electron chi connectivity index (χ1n) is 12.5. The lowest BCUT2D eigenvalue weighted by molar-refractivity contribution is -0.133. The Morgan fingerprint density at radius 1 is 0.778 bits per heavy atom. The average Bonchev–Trinajstić information content (AvgIpc) is 3.32. The molecule has 5 rings (SSSR count). The van der Waals surface area contributed by atoms with E-state index in [2.05, 4.69) is 85.7 Å². The predicted molar refractivity (Wildman–Crippen MR) is 143 cm³/mol. The van der Waals surface area contributed by atoms with Crippen LogP contribution in [-0.4, -0.2) is 11.9 Å². The molecule has 0 saturated heterocycles. The monoisotopic (exact) mass is 484 g/mol. The normalized spacial score (nSPS) is 16.5. The van der Waals surface area contributed by atoms with Gasteiger partial charge >= 0.3 is 11.9 Å². The number of rotatable bonds is 1. The molecule has 0 aromatic heterocycles. The summed E-state index contributed by atoms with van der Waals surface area (Å²) in [5.74, 6) is 0.819. The molecule has 0 radical (unpaired) electrons. The molecule has 0 bridgehead atoms. The van der Waals surface area contributed by atoms with E-state index in [1.54, 1.807) is 6.07 Å². The quantitative estimate of drug-likeness (QED) is 0.273. The van der Waals surface area contributed by atoms with E-state index >= 15 is 0 Å². The third kappa shape index (κ3) is 5.09. The Hall–Kier alpha value is -3.40. The Balaban J connectivity index is 0.000000251. The summed E-state index contributed by atoms with van der Waals surface area (Å²) >= 11 is 0. The topological polar surface area (TPSA) is 52.6 Å². The van der Waals surface area contributed by atoms with Gasteiger partial charge in [-0.3, -0.25) is 9.59 Å². The molecule has 0 aliphatic carbocycles. The number of hydrogen-bond acceptors (Lipinski definition) is 4. The number of aryl methyl sites for hydroxylation is 2. The summed E-state index contributed by atoms with van der Waals surface area (Å²) in [4.78, 5) is 23.5. The Morgan fingerprint density at radius 2 is 1.47 bits per heavy atom. The van der Waals surface area contributed by atoms with Crippen molar-refractivity contribution < 1.29 is 19.1 Å². The van der Waals surface area contributed by atoms with E-state index in [0.29, 0.717) is 12.2 Å². The number of esters is 2. The molecule has 3 aromatic rings. The second-order valence-corrected chi connectivity index (χ2v) is 11.9. The second kappa shape index (κ2) is 9.24. The van der Waals surface area contributed by atoms with E-state index in [0.717, 1.165) is 28.0 Å². The van der Waals surface area contributed by atoms with Gasteiger partial charge in [0, 0.05) is 16.7 Å². The molecule has 1 unspecified atom stereocenters. The first-order valence-corrected chi connectivity index (χ1v) is 12.5. The molecule has 188 valence electrons. The minimum absolute atomic E-state index is 0.00834. The van der Waals surface area contributed by atoms with E-state index in [1.165, 1.54) is 16.7 Å². The van der Waals surface area contributed by atoms with Gasteiger partial charge in [0.25, 0.3) is 0 Å². The maximum absolute atomic E-state index is 12.8. The van der Waals surface area contributed by atoms with Crippen LogP contribution in [-0.2, 0) is 26.8 Å². The van der Waals surface area contributed by atoms with Crippen LogP contribution >= 0.6 is 0 Å². The fraction of sp³-hybridized carbons (Fsp3) is 0.375. The number of carbonyl (C=O) groups excluding carboxylic acids is 2. The highest BCUT2D eigenvalue weighted by Gasteiger charge is 2.39. The van der Waals surface area contributed by atoms with E-state index in [-0.39, 0.29) is 28.7 Å². The number of para-hydroxylation sites is 1. The number of carbonyl (C=O) groups is 2. The van der Waals surface area contributed by atoms with Gasteiger partial charge in [0.05, 0.1) is 6.42 Å². The van der Waals surface area contributed by atoms with Crippen molar-refractivity contribution in [2.75, 3.05) is 0 Å². The maximum Gasteiger partial charge on any atom is 0.323 e. The van der Waals surface area contributed by atoms with Gasteiger partial charge in [-0.15, -0.1) is 0 Å². The van der Waals surface area contributed by atoms with Gasteiger partial charge < -0.3 is 9.47 Å². The van der Waals surface area contributed by atoms with Crippen molar-refractivity contribution in [3.8, 4) is 11.5 Å². The average molecular weight is 485 g/mol. The Bertz CT molecular complexity index is 1310. The summed E-state index contributed by atoms with van der Waals surface area (Å²) in [5.41, 5.74) is 7.72. The van der Waals surface area contributed by atoms with Crippen LogP contribution in [0.5, 0.6) is 11.5 Å². The SMILES string of the molecule is Cc1ccc(C2C(=O)Oc3c2cc(C(C)(C)C)cc3C(C)(C)C)cc1C.O=C1Cc2ccccc2O1. The Morgan fingerprint density at radius 3 is 2.08 bits per heavy atom. The number of fused-ring (bicyclic) bond motifs is 2. The van der Waals surface area contributed by atoms with Crippen molar-refractivity contribution in [2.24, 2.45) is 0 Å². The van der Waals surface area contributed by atoms with Crippen LogP contribution in [0.2, 0.25) is 0 Å². The van der Waals surface area contributed by atoms with Gasteiger partial charge in [0.2, 0.25) is 0 Å². The van der Waals surface area contributed by atoms with Gasteiger partial charge in [-0.25, -0.2) is 0 Å². The van der Waals surface area contributed by atoms with Crippen LogP contribution < -0.4 is 9.47 Å². The molecule has 0 N–H and O–H groups in total. The molecule has 2 aliphatic heterocycles. The molecule has 0 amide bonds. The third-order valence-corrected chi connectivity index (χ3v) is 6.94. The largest absolute Gasteiger partial charge is 0.426 e. The summed E-state index contributed by atoms with van der Waals surface area (Å²) in [6.45, 7) is 17.3. The van der Waals surface area contributed by atoms with Crippen molar-refractivity contribution in [1.29, 1.82) is 0 Å². The lowest BCUT2D eigenvalue weighted by Crippen LogP contribution is -2.17. The number of hydrogen-bond donors (Lipinski definition) is 0. The molecule has 2 aliphatic rings. The minimum Gasteiger partial charge on any atom is -0.426 e. The molecule has 0 spiro atoms. The van der Waals surface area contributed by atoms with Gasteiger partial charge in [0.15, 0.2) is 0 Å². The fourth-order valence-corrected chi connectivity index (χ4v) is 4.58. The molecule has 1 atom stereocenters. The Kier molecular flexibility index (Phi) is 6.59. The zero-order chi connectivity index (χ0) is 26.4. The van der Waals surface area contributed by atoms with Gasteiger partial charge in [-0.05, 0) is 53.0 Å². The first-order chi connectivity index (χ1) is 16.8. The van der Waals surface area contributed by atoms with E-state index in [9.17, 15) is 9.59 Å². The zero-order valence-corrected chi connectivity index (χ0v) is 22.6. The highest BCUT2D eigenvalue weighted by molar-refractivity contribution is 5.90. The molecule has 3 aromatic carbocycles. The lowest BCUT2D eigenvalue weighted by atomic mass is 9.77. The standard InChI is InChI=1S/C24H30O2.C8H6O2/c1-14-9-10-16(11-15(14)2)20-18-12-17(23(3,4)5)13-19(24(6,7)8)21(18)26-22(20)25;9-8-5-6-3-1-2-4-7(6)10-8/h9-13,20H,1-8H3;1-4H,5H2. The second-order valence-electron chi connectivity index (χ2n) is 11.9. The molecular formula is C32H36O4. The fourth-order valence-electron chi connectivity index (χ4n) is 4.58. The highest BCUT2D eigenvalue weighted by Crippen LogP contribution is 2.47. The van der Waals surface area contributed by atoms with Crippen LogP contribution in [0.4, 0.5) is 0 Å². The van der Waals surface area contributed by atoms with Crippen LogP contribution in [0.25, 0.3) is 0 Å². The summed E-state index contributed by atoms with van der Waals surface area (Å²) in [5, 5.41) is 0. The number of benzene rings is 3. The van der Waals surface area contributed by atoms with Crippen molar-refractivity contribution in [1.82, 2.24) is 0 Å². The Labute approximate surface area is 214 Å². The molecule has 4 heteroatoms. The first kappa shape index (κ1) is 25.7. The van der Waals surface area contributed by atoms with E-state index in [4.69, 9.17) is 9.47 Å². The smallest absolute Gasteiger partial charge is 0.323 e. The van der Waals surface area contributed by atoms with Gasteiger partial charge in [0.1, 0.15) is 17.4 Å². The zero-order valence-electron chi connectivity index (χ0n) is 22.6. The molecule has 2 heterocycles. The van der Waals surface area contributed by atoms with Crippen molar-refractivity contribution in [3.05, 3.63) is 93.5 Å². The summed E-state index contributed by atoms with van der Waals surface area (Å²) < 4.78 is 10.7. The summed E-state index contributed by atoms with van der Waals surface area (Å²) in [7, 11) is 0. The molecular weight excluding hydrogens is 448 g/mol. The summed E-state index contributed by atoms with van der Waals surface area (Å²) in [6, 6.07) is 18.1. The van der Waals surface area contributed by atoms with Crippen LogP contribution in [0, 0.1) is 13.8 Å². The molecule has 36 heavy (non-hydrogen) atoms. The van der Waals surface area contributed by atoms with E-state index < -0.39 is 0 Å². The summed E-state index contributed by atoms with van der Waals surface area (Å²) in [6.07, 6.45) is 0.427. The predicted octanol–water partition coefficient (Wildman–Crippen LogP) is 7.10. The highest BCUT2D eigenvalue weighted by atomic mass is 16.5. The van der Waals surface area contributed by atoms with Crippen molar-refractivity contribution in [3.63, 3.8) is 0 Å². The maximum atomic E-state index is 12.8. The van der Waals surface area contributed by atoms with Crippen molar-refractivity contribution in [2.45, 2.75) is 78.6 Å². The number of ether oxygens (including phenoxy) is 2. The van der Waals surface area contributed by atoms with Gasteiger partial charge in [-0.1, -0.05) is 90.1 Å². The molecule has 0 fully saturated rings. The minimum atomic E-state index is -0.340. The third-order valence-electron chi connectivity index (χ3n) is 6.94. The van der Waals surface area contributed by atoms with Crippen LogP contribution in [0.15, 0.2) is 54.6 Å². The molecule has 0 saturated carbocycles.